The average molecular weight is 244 g/mol. The topological polar surface area (TPSA) is 38.0 Å². The second kappa shape index (κ2) is 6.70. The Balaban J connectivity index is 2.49. The van der Waals surface area contributed by atoms with Crippen molar-refractivity contribution < 1.29 is 0 Å². The normalized spacial score (nSPS) is 32.9. The quantitative estimate of drug-likeness (QED) is 0.451. The van der Waals surface area contributed by atoms with E-state index in [2.05, 4.69) is 31.1 Å². The van der Waals surface area contributed by atoms with Crippen LogP contribution in [-0.2, 0) is 0 Å². The molecule has 1 aliphatic rings. The standard InChI is InChI=1S/C11H20N2S2/c1-4-5-6-10(13-12)11-7-14-8(2)9(3)15-11/h8-11,13H,6-7,12H2,1-3H3. The molecule has 1 rings (SSSR count). The Labute approximate surface area is 101 Å². The number of hydrogen-bond acceptors (Lipinski definition) is 4. The summed E-state index contributed by atoms with van der Waals surface area (Å²) >= 11 is 4.09. The molecule has 3 N–H and O–H groups in total. The maximum atomic E-state index is 5.58. The van der Waals surface area contributed by atoms with Gasteiger partial charge in [-0.2, -0.15) is 23.5 Å². The maximum Gasteiger partial charge on any atom is 0.0446 e. The third-order valence-corrected chi connectivity index (χ3v) is 6.29. The minimum Gasteiger partial charge on any atom is -0.271 e. The van der Waals surface area contributed by atoms with Gasteiger partial charge in [-0.3, -0.25) is 11.3 Å². The molecule has 86 valence electrons. The molecule has 1 heterocycles. The van der Waals surface area contributed by atoms with E-state index < -0.39 is 0 Å². The predicted octanol–water partition coefficient (Wildman–Crippen LogP) is 1.86. The maximum absolute atomic E-state index is 5.58. The van der Waals surface area contributed by atoms with Gasteiger partial charge in [-0.15, -0.1) is 11.8 Å². The minimum absolute atomic E-state index is 0.324. The van der Waals surface area contributed by atoms with Crippen LogP contribution in [0, 0.1) is 11.8 Å². The van der Waals surface area contributed by atoms with Crippen molar-refractivity contribution in [2.45, 2.75) is 49.0 Å². The van der Waals surface area contributed by atoms with Crippen LogP contribution in [0.15, 0.2) is 0 Å². The molecule has 4 heteroatoms. The van der Waals surface area contributed by atoms with Gasteiger partial charge >= 0.3 is 0 Å². The molecule has 2 nitrogen and oxygen atoms in total. The van der Waals surface area contributed by atoms with Crippen LogP contribution in [0.25, 0.3) is 0 Å². The van der Waals surface area contributed by atoms with Gasteiger partial charge in [-0.25, -0.2) is 0 Å². The van der Waals surface area contributed by atoms with Crippen molar-refractivity contribution in [2.75, 3.05) is 5.75 Å². The van der Waals surface area contributed by atoms with Gasteiger partial charge in [0, 0.05) is 34.0 Å². The highest BCUT2D eigenvalue weighted by atomic mass is 32.2. The highest BCUT2D eigenvalue weighted by molar-refractivity contribution is 8.07. The first-order valence-corrected chi connectivity index (χ1v) is 7.31. The Kier molecular flexibility index (Phi) is 5.91. The first-order chi connectivity index (χ1) is 7.19. The molecule has 4 unspecified atom stereocenters. The van der Waals surface area contributed by atoms with Crippen LogP contribution in [0.1, 0.15) is 27.2 Å². The SMILES string of the molecule is CC#CCC(NN)C1CSC(C)C(C)S1. The summed E-state index contributed by atoms with van der Waals surface area (Å²) in [4.78, 5) is 0. The van der Waals surface area contributed by atoms with Gasteiger partial charge in [0.05, 0.1) is 0 Å². The molecule has 0 radical (unpaired) electrons. The largest absolute Gasteiger partial charge is 0.271 e. The van der Waals surface area contributed by atoms with Crippen molar-refractivity contribution in [3.05, 3.63) is 0 Å². The second-order valence-corrected chi connectivity index (χ2v) is 6.85. The summed E-state index contributed by atoms with van der Waals surface area (Å²) in [6.45, 7) is 6.48. The Bertz CT molecular complexity index is 247. The molecular formula is C11H20N2S2. The third-order valence-electron chi connectivity index (χ3n) is 2.74. The zero-order valence-electron chi connectivity index (χ0n) is 9.62. The van der Waals surface area contributed by atoms with Gasteiger partial charge in [-0.1, -0.05) is 13.8 Å². The molecule has 0 aliphatic carbocycles. The molecule has 15 heavy (non-hydrogen) atoms. The molecule has 4 atom stereocenters. The highest BCUT2D eigenvalue weighted by Crippen LogP contribution is 2.37. The summed E-state index contributed by atoms with van der Waals surface area (Å²) in [6, 6.07) is 0.324. The zero-order chi connectivity index (χ0) is 11.3. The van der Waals surface area contributed by atoms with Crippen molar-refractivity contribution in [2.24, 2.45) is 5.84 Å². The second-order valence-electron chi connectivity index (χ2n) is 3.82. The molecule has 1 saturated heterocycles. The number of nitrogens with two attached hydrogens (primary N) is 1. The van der Waals surface area contributed by atoms with Crippen molar-refractivity contribution in [3.8, 4) is 11.8 Å². The molecule has 0 aromatic heterocycles. The van der Waals surface area contributed by atoms with E-state index >= 15 is 0 Å². The van der Waals surface area contributed by atoms with Crippen molar-refractivity contribution >= 4 is 23.5 Å². The van der Waals surface area contributed by atoms with Crippen LogP contribution >= 0.6 is 23.5 Å². The van der Waals surface area contributed by atoms with E-state index in [1.54, 1.807) is 0 Å². The van der Waals surface area contributed by atoms with Gasteiger partial charge in [0.25, 0.3) is 0 Å². The van der Waals surface area contributed by atoms with Crippen LogP contribution in [-0.4, -0.2) is 27.5 Å². The predicted molar refractivity (Wildman–Crippen MR) is 71.9 cm³/mol. The summed E-state index contributed by atoms with van der Waals surface area (Å²) in [7, 11) is 0. The number of rotatable bonds is 3. The van der Waals surface area contributed by atoms with E-state index in [0.717, 1.165) is 11.7 Å². The highest BCUT2D eigenvalue weighted by Gasteiger charge is 2.30. The molecule has 0 saturated carbocycles. The van der Waals surface area contributed by atoms with Crippen molar-refractivity contribution in [3.63, 3.8) is 0 Å². The summed E-state index contributed by atoms with van der Waals surface area (Å²) in [5.41, 5.74) is 2.91. The molecule has 0 spiro atoms. The Morgan fingerprint density at radius 3 is 2.73 bits per heavy atom. The van der Waals surface area contributed by atoms with Gasteiger partial charge in [0.15, 0.2) is 0 Å². The fourth-order valence-electron chi connectivity index (χ4n) is 1.53. The van der Waals surface area contributed by atoms with Gasteiger partial charge in [0.1, 0.15) is 0 Å². The van der Waals surface area contributed by atoms with Crippen LogP contribution < -0.4 is 11.3 Å². The lowest BCUT2D eigenvalue weighted by molar-refractivity contribution is 0.535. The van der Waals surface area contributed by atoms with Crippen LogP contribution in [0.3, 0.4) is 0 Å². The minimum atomic E-state index is 0.324. The van der Waals surface area contributed by atoms with Gasteiger partial charge in [0.2, 0.25) is 0 Å². The summed E-state index contributed by atoms with van der Waals surface area (Å²) < 4.78 is 0. The lowest BCUT2D eigenvalue weighted by atomic mass is 10.1. The number of nitrogens with one attached hydrogen (secondary N) is 1. The molecular weight excluding hydrogens is 224 g/mol. The average Bonchev–Trinajstić information content (AvgIpc) is 2.24. The molecule has 1 fully saturated rings. The number of hydrazine groups is 1. The zero-order valence-corrected chi connectivity index (χ0v) is 11.3. The van der Waals surface area contributed by atoms with E-state index in [-0.39, 0.29) is 0 Å². The monoisotopic (exact) mass is 244 g/mol. The van der Waals surface area contributed by atoms with Crippen molar-refractivity contribution in [1.29, 1.82) is 0 Å². The fraction of sp³-hybridized carbons (Fsp3) is 0.818. The third kappa shape index (κ3) is 3.92. The molecule has 0 amide bonds. The fourth-order valence-corrected chi connectivity index (χ4v) is 4.64. The summed E-state index contributed by atoms with van der Waals surface area (Å²) in [6.07, 6.45) is 0.853. The Morgan fingerprint density at radius 1 is 1.47 bits per heavy atom. The van der Waals surface area contributed by atoms with Gasteiger partial charge in [-0.05, 0) is 6.92 Å². The van der Waals surface area contributed by atoms with E-state index in [1.807, 2.05) is 30.4 Å². The van der Waals surface area contributed by atoms with Crippen LogP contribution in [0.5, 0.6) is 0 Å². The Hall–Kier alpha value is 0.180. The first-order valence-electron chi connectivity index (χ1n) is 5.31. The van der Waals surface area contributed by atoms with Crippen LogP contribution in [0.4, 0.5) is 0 Å². The number of thioether (sulfide) groups is 2. The summed E-state index contributed by atoms with van der Waals surface area (Å²) in [5, 5.41) is 2.05. The van der Waals surface area contributed by atoms with E-state index in [1.165, 1.54) is 5.75 Å². The molecule has 0 aromatic carbocycles. The van der Waals surface area contributed by atoms with E-state index in [0.29, 0.717) is 16.5 Å². The first kappa shape index (κ1) is 13.2. The lowest BCUT2D eigenvalue weighted by Crippen LogP contribution is -2.46. The lowest BCUT2D eigenvalue weighted by Gasteiger charge is -2.35. The van der Waals surface area contributed by atoms with Crippen LogP contribution in [0.2, 0.25) is 0 Å². The van der Waals surface area contributed by atoms with E-state index in [9.17, 15) is 0 Å². The number of hydrogen-bond donors (Lipinski definition) is 2. The smallest absolute Gasteiger partial charge is 0.0446 e. The van der Waals surface area contributed by atoms with E-state index in [4.69, 9.17) is 5.84 Å². The Morgan fingerprint density at radius 2 is 2.20 bits per heavy atom. The molecule has 1 aliphatic heterocycles. The van der Waals surface area contributed by atoms with Crippen molar-refractivity contribution in [1.82, 2.24) is 5.43 Å². The summed E-state index contributed by atoms with van der Waals surface area (Å²) in [5.74, 6) is 12.8. The molecule has 0 bridgehead atoms. The molecule has 0 aromatic rings. The van der Waals surface area contributed by atoms with Gasteiger partial charge < -0.3 is 0 Å².